The summed E-state index contributed by atoms with van der Waals surface area (Å²) < 4.78 is 13.0. The molecule has 3 nitrogen and oxygen atoms in total. The number of nitrogens with zero attached hydrogens (tertiary/aromatic N) is 2. The van der Waals surface area contributed by atoms with Gasteiger partial charge in [0.2, 0.25) is 0 Å². The lowest BCUT2D eigenvalue weighted by molar-refractivity contribution is -0.114. The second-order valence-corrected chi connectivity index (χ2v) is 7.38. The number of likely N-dealkylation sites (N-methyl/N-ethyl adjacent to an activating group) is 1. The summed E-state index contributed by atoms with van der Waals surface area (Å²) in [7, 11) is 2.14. The van der Waals surface area contributed by atoms with Gasteiger partial charge in [0.15, 0.2) is 0 Å². The number of likely N-dealkylation sites (tertiary alicyclic amines) is 1. The Morgan fingerprint density at radius 3 is 2.73 bits per heavy atom. The number of benzene rings is 2. The molecule has 26 heavy (non-hydrogen) atoms. The van der Waals surface area contributed by atoms with E-state index in [2.05, 4.69) is 37.1 Å². The van der Waals surface area contributed by atoms with Crippen LogP contribution in [-0.4, -0.2) is 37.0 Å². The molecular formula is C22H23FN2O. The molecule has 2 aromatic carbocycles. The van der Waals surface area contributed by atoms with Gasteiger partial charge in [-0.3, -0.25) is 4.79 Å². The van der Waals surface area contributed by atoms with Gasteiger partial charge in [-0.05, 0) is 62.3 Å². The second-order valence-electron chi connectivity index (χ2n) is 7.38. The molecule has 2 aliphatic rings. The van der Waals surface area contributed by atoms with Gasteiger partial charge in [-0.1, -0.05) is 29.8 Å². The molecule has 2 aliphatic heterocycles. The Hall–Kier alpha value is -2.46. The SMILES string of the molecule is Cc1ccc2c(c1)[C@@H]1CN(C)CC[C@@H]1N2C(=O)/C=C/c1ccc(F)cc1. The van der Waals surface area contributed by atoms with Crippen LogP contribution in [0.1, 0.15) is 29.0 Å². The monoisotopic (exact) mass is 350 g/mol. The van der Waals surface area contributed by atoms with Crippen molar-refractivity contribution in [3.63, 3.8) is 0 Å². The Kier molecular flexibility index (Phi) is 4.37. The maximum Gasteiger partial charge on any atom is 0.251 e. The molecule has 2 aromatic rings. The van der Waals surface area contributed by atoms with E-state index in [1.165, 1.54) is 23.3 Å². The van der Waals surface area contributed by atoms with Crippen molar-refractivity contribution in [2.45, 2.75) is 25.3 Å². The molecule has 4 rings (SSSR count). The number of hydrogen-bond acceptors (Lipinski definition) is 2. The minimum Gasteiger partial charge on any atom is -0.306 e. The van der Waals surface area contributed by atoms with Crippen LogP contribution in [0.2, 0.25) is 0 Å². The van der Waals surface area contributed by atoms with Crippen molar-refractivity contribution in [3.8, 4) is 0 Å². The fourth-order valence-corrected chi connectivity index (χ4v) is 4.19. The van der Waals surface area contributed by atoms with Crippen molar-refractivity contribution < 1.29 is 9.18 Å². The predicted octanol–water partition coefficient (Wildman–Crippen LogP) is 3.98. The molecule has 0 N–H and O–H groups in total. The van der Waals surface area contributed by atoms with Gasteiger partial charge in [0.1, 0.15) is 5.82 Å². The Morgan fingerprint density at radius 2 is 1.96 bits per heavy atom. The second kappa shape index (κ2) is 6.69. The van der Waals surface area contributed by atoms with Crippen LogP contribution < -0.4 is 4.90 Å². The summed E-state index contributed by atoms with van der Waals surface area (Å²) in [6.45, 7) is 4.08. The van der Waals surface area contributed by atoms with Gasteiger partial charge in [-0.2, -0.15) is 0 Å². The molecule has 2 heterocycles. The van der Waals surface area contributed by atoms with E-state index in [1.54, 1.807) is 24.3 Å². The largest absolute Gasteiger partial charge is 0.306 e. The summed E-state index contributed by atoms with van der Waals surface area (Å²) in [5.74, 6) is 0.0924. The van der Waals surface area contributed by atoms with Crippen LogP contribution in [0.3, 0.4) is 0 Å². The van der Waals surface area contributed by atoms with Crippen molar-refractivity contribution in [1.29, 1.82) is 0 Å². The molecule has 134 valence electrons. The van der Waals surface area contributed by atoms with E-state index >= 15 is 0 Å². The first-order valence-electron chi connectivity index (χ1n) is 9.09. The Balaban J connectivity index is 1.64. The molecule has 0 bridgehead atoms. The van der Waals surface area contributed by atoms with Crippen molar-refractivity contribution in [2.75, 3.05) is 25.0 Å². The van der Waals surface area contributed by atoms with E-state index in [4.69, 9.17) is 0 Å². The van der Waals surface area contributed by atoms with Crippen molar-refractivity contribution in [2.24, 2.45) is 0 Å². The number of fused-ring (bicyclic) bond motifs is 3. The van der Waals surface area contributed by atoms with Crippen molar-refractivity contribution in [3.05, 3.63) is 71.0 Å². The first kappa shape index (κ1) is 17.0. The number of piperidine rings is 1. The Bertz CT molecular complexity index is 859. The Morgan fingerprint density at radius 1 is 1.19 bits per heavy atom. The summed E-state index contributed by atoms with van der Waals surface area (Å²) in [6.07, 6.45) is 4.35. The number of anilines is 1. The number of rotatable bonds is 2. The van der Waals surface area contributed by atoms with E-state index in [0.717, 1.165) is 30.8 Å². The van der Waals surface area contributed by atoms with Gasteiger partial charge in [0, 0.05) is 30.3 Å². The van der Waals surface area contributed by atoms with Gasteiger partial charge in [-0.25, -0.2) is 4.39 Å². The fraction of sp³-hybridized carbons (Fsp3) is 0.318. The number of halogens is 1. The maximum atomic E-state index is 13.0. The molecular weight excluding hydrogens is 327 g/mol. The summed E-state index contributed by atoms with van der Waals surface area (Å²) in [5, 5.41) is 0. The van der Waals surface area contributed by atoms with E-state index in [0.29, 0.717) is 5.92 Å². The molecule has 0 aromatic heterocycles. The van der Waals surface area contributed by atoms with Crippen LogP contribution in [0.5, 0.6) is 0 Å². The summed E-state index contributed by atoms with van der Waals surface area (Å²) >= 11 is 0. The highest BCUT2D eigenvalue weighted by Gasteiger charge is 2.43. The quantitative estimate of drug-likeness (QED) is 0.765. The number of carbonyl (C=O) groups is 1. The highest BCUT2D eigenvalue weighted by molar-refractivity contribution is 6.06. The molecule has 0 saturated carbocycles. The minimum atomic E-state index is -0.272. The molecule has 2 atom stereocenters. The number of aryl methyl sites for hydroxylation is 1. The summed E-state index contributed by atoms with van der Waals surface area (Å²) in [5.41, 5.74) is 4.37. The lowest BCUT2D eigenvalue weighted by Gasteiger charge is -2.36. The van der Waals surface area contributed by atoms with Crippen LogP contribution in [0.15, 0.2) is 48.5 Å². The number of hydrogen-bond donors (Lipinski definition) is 0. The third-order valence-electron chi connectivity index (χ3n) is 5.48. The summed E-state index contributed by atoms with van der Waals surface area (Å²) in [4.78, 5) is 17.3. The molecule has 1 fully saturated rings. The zero-order valence-electron chi connectivity index (χ0n) is 15.2. The average Bonchev–Trinajstić information content (AvgIpc) is 2.94. The van der Waals surface area contributed by atoms with E-state index < -0.39 is 0 Å². The van der Waals surface area contributed by atoms with Crippen LogP contribution in [-0.2, 0) is 4.79 Å². The first-order chi connectivity index (χ1) is 12.5. The van der Waals surface area contributed by atoms with Gasteiger partial charge in [0.25, 0.3) is 5.91 Å². The predicted molar refractivity (Wildman–Crippen MR) is 103 cm³/mol. The Labute approximate surface area is 153 Å². The number of amides is 1. The fourth-order valence-electron chi connectivity index (χ4n) is 4.19. The first-order valence-corrected chi connectivity index (χ1v) is 9.09. The lowest BCUT2D eigenvalue weighted by Crippen LogP contribution is -2.46. The molecule has 0 spiro atoms. The number of carbonyl (C=O) groups excluding carboxylic acids is 1. The van der Waals surface area contributed by atoms with Gasteiger partial charge >= 0.3 is 0 Å². The van der Waals surface area contributed by atoms with Crippen LogP contribution in [0.4, 0.5) is 10.1 Å². The normalized spacial score (nSPS) is 22.5. The molecule has 0 unspecified atom stereocenters. The molecule has 4 heteroatoms. The van der Waals surface area contributed by atoms with E-state index in [-0.39, 0.29) is 17.8 Å². The van der Waals surface area contributed by atoms with Crippen molar-refractivity contribution in [1.82, 2.24) is 4.90 Å². The highest BCUT2D eigenvalue weighted by atomic mass is 19.1. The lowest BCUT2D eigenvalue weighted by atomic mass is 9.89. The van der Waals surface area contributed by atoms with Gasteiger partial charge in [-0.15, -0.1) is 0 Å². The van der Waals surface area contributed by atoms with Gasteiger partial charge < -0.3 is 9.80 Å². The summed E-state index contributed by atoms with van der Waals surface area (Å²) in [6, 6.07) is 12.8. The molecule has 0 radical (unpaired) electrons. The highest BCUT2D eigenvalue weighted by Crippen LogP contribution is 2.45. The van der Waals surface area contributed by atoms with Crippen LogP contribution in [0, 0.1) is 12.7 Å². The van der Waals surface area contributed by atoms with Crippen LogP contribution >= 0.6 is 0 Å². The third kappa shape index (κ3) is 3.06. The topological polar surface area (TPSA) is 23.6 Å². The molecule has 0 aliphatic carbocycles. The average molecular weight is 350 g/mol. The van der Waals surface area contributed by atoms with Crippen molar-refractivity contribution >= 4 is 17.7 Å². The minimum absolute atomic E-state index is 0.00326. The van der Waals surface area contributed by atoms with Gasteiger partial charge in [0.05, 0.1) is 0 Å². The standard InChI is InChI=1S/C22H23FN2O/c1-15-3-9-20-18(13-15)19-14-24(2)12-11-21(19)25(20)22(26)10-6-16-4-7-17(23)8-5-16/h3-10,13,19,21H,11-12,14H2,1-2H3/b10-6+/t19-,21-/m0/s1. The van der Waals surface area contributed by atoms with E-state index in [9.17, 15) is 9.18 Å². The third-order valence-corrected chi connectivity index (χ3v) is 5.48. The molecule has 1 saturated heterocycles. The zero-order valence-corrected chi connectivity index (χ0v) is 15.2. The smallest absolute Gasteiger partial charge is 0.251 e. The molecule has 1 amide bonds. The zero-order chi connectivity index (χ0) is 18.3. The maximum absolute atomic E-state index is 13.0. The van der Waals surface area contributed by atoms with E-state index in [1.807, 2.05) is 4.90 Å². The van der Waals surface area contributed by atoms with Crippen LogP contribution in [0.25, 0.3) is 6.08 Å².